The largest absolute Gasteiger partial charge is 0.494 e. The molecule has 34 heavy (non-hydrogen) atoms. The summed E-state index contributed by atoms with van der Waals surface area (Å²) in [4.78, 5) is 25.1. The smallest absolute Gasteiger partial charge is 0.257 e. The topological polar surface area (TPSA) is 79.5 Å². The molecule has 0 heterocycles. The van der Waals surface area contributed by atoms with Gasteiger partial charge in [0.25, 0.3) is 11.8 Å². The van der Waals surface area contributed by atoms with Crippen LogP contribution in [-0.2, 0) is 0 Å². The molecule has 3 N–H and O–H groups in total. The van der Waals surface area contributed by atoms with E-state index >= 15 is 0 Å². The van der Waals surface area contributed by atoms with E-state index in [-0.39, 0.29) is 16.0 Å². The van der Waals surface area contributed by atoms with Crippen LogP contribution in [-0.4, -0.2) is 23.5 Å². The van der Waals surface area contributed by atoms with Gasteiger partial charge in [-0.15, -0.1) is 0 Å². The summed E-state index contributed by atoms with van der Waals surface area (Å²) in [5, 5.41) is 8.14. The number of anilines is 2. The molecule has 0 saturated heterocycles. The highest BCUT2D eigenvalue weighted by Crippen LogP contribution is 2.20. The molecule has 0 saturated carbocycles. The first-order valence-corrected chi connectivity index (χ1v) is 11.4. The van der Waals surface area contributed by atoms with Crippen LogP contribution in [0.3, 0.4) is 0 Å². The van der Waals surface area contributed by atoms with Gasteiger partial charge in [-0.2, -0.15) is 0 Å². The molecule has 0 fully saturated rings. The second kappa shape index (κ2) is 12.1. The number of unbranched alkanes of at least 4 members (excludes halogenated alkanes) is 1. The number of amides is 2. The molecule has 3 aromatic rings. The Morgan fingerprint density at radius 3 is 2.38 bits per heavy atom. The summed E-state index contributed by atoms with van der Waals surface area (Å²) < 4.78 is 18.9. The Morgan fingerprint density at radius 1 is 0.941 bits per heavy atom. The molecule has 0 radical (unpaired) electrons. The Bertz CT molecular complexity index is 1210. The molecular formula is C25H23ClFN3O3S. The van der Waals surface area contributed by atoms with Gasteiger partial charge < -0.3 is 15.4 Å². The lowest BCUT2D eigenvalue weighted by Gasteiger charge is -2.12. The zero-order valence-electron chi connectivity index (χ0n) is 18.4. The Hall–Kier alpha value is -3.49. The average Bonchev–Trinajstić information content (AvgIpc) is 2.82. The van der Waals surface area contributed by atoms with Gasteiger partial charge in [0.15, 0.2) is 5.11 Å². The molecule has 2 amide bonds. The third-order valence-corrected chi connectivity index (χ3v) is 5.14. The summed E-state index contributed by atoms with van der Waals surface area (Å²) in [6.45, 7) is 2.66. The minimum absolute atomic E-state index is 0.0742. The van der Waals surface area contributed by atoms with E-state index in [1.54, 1.807) is 48.5 Å². The molecule has 0 spiro atoms. The first kappa shape index (κ1) is 25.1. The Kier molecular flexibility index (Phi) is 8.95. The first-order valence-electron chi connectivity index (χ1n) is 10.6. The maximum atomic E-state index is 13.3. The van der Waals surface area contributed by atoms with Crippen LogP contribution in [0.4, 0.5) is 15.8 Å². The number of carbonyl (C=O) groups is 2. The molecule has 3 rings (SSSR count). The van der Waals surface area contributed by atoms with E-state index in [1.807, 2.05) is 0 Å². The SMILES string of the molecule is CCCCOc1cccc(C(=O)NC(=S)Nc2cccc(C(=O)Nc3ccc(F)c(Cl)c3)c2)c1. The third-order valence-electron chi connectivity index (χ3n) is 4.65. The molecule has 0 aliphatic carbocycles. The molecule has 6 nitrogen and oxygen atoms in total. The van der Waals surface area contributed by atoms with E-state index in [4.69, 9.17) is 28.6 Å². The molecular weight excluding hydrogens is 477 g/mol. The number of hydrogen-bond acceptors (Lipinski definition) is 4. The second-order valence-corrected chi connectivity index (χ2v) is 8.12. The average molecular weight is 500 g/mol. The molecule has 0 unspecified atom stereocenters. The number of nitrogens with one attached hydrogen (secondary N) is 3. The number of halogens is 2. The standard InChI is InChI=1S/C25H23ClFN3O3S/c1-2-3-12-33-20-9-5-7-17(14-20)24(32)30-25(34)29-18-8-4-6-16(13-18)23(31)28-19-10-11-22(27)21(26)15-19/h4-11,13-15H,2-3,12H2,1H3,(H,28,31)(H2,29,30,32,34). The minimum Gasteiger partial charge on any atom is -0.494 e. The van der Waals surface area contributed by atoms with Gasteiger partial charge >= 0.3 is 0 Å². The fourth-order valence-corrected chi connectivity index (χ4v) is 3.31. The molecule has 3 aromatic carbocycles. The summed E-state index contributed by atoms with van der Waals surface area (Å²) in [6, 6.07) is 17.3. The lowest BCUT2D eigenvalue weighted by atomic mass is 10.2. The van der Waals surface area contributed by atoms with Crippen LogP contribution in [0.5, 0.6) is 5.75 Å². The third kappa shape index (κ3) is 7.26. The van der Waals surface area contributed by atoms with Crippen molar-refractivity contribution in [1.29, 1.82) is 0 Å². The predicted molar refractivity (Wildman–Crippen MR) is 136 cm³/mol. The highest BCUT2D eigenvalue weighted by molar-refractivity contribution is 7.80. The fourth-order valence-electron chi connectivity index (χ4n) is 2.91. The van der Waals surface area contributed by atoms with Crippen LogP contribution < -0.4 is 20.7 Å². The molecule has 0 aliphatic heterocycles. The lowest BCUT2D eigenvalue weighted by molar-refractivity contribution is 0.0975. The van der Waals surface area contributed by atoms with Crippen LogP contribution in [0.25, 0.3) is 0 Å². The molecule has 0 aliphatic rings. The van der Waals surface area contributed by atoms with E-state index in [0.29, 0.717) is 34.9 Å². The maximum absolute atomic E-state index is 13.3. The summed E-state index contributed by atoms with van der Waals surface area (Å²) >= 11 is 11.0. The van der Waals surface area contributed by atoms with Gasteiger partial charge in [0, 0.05) is 22.5 Å². The van der Waals surface area contributed by atoms with E-state index in [2.05, 4.69) is 22.9 Å². The van der Waals surface area contributed by atoms with Crippen molar-refractivity contribution in [3.63, 3.8) is 0 Å². The second-order valence-electron chi connectivity index (χ2n) is 7.30. The van der Waals surface area contributed by atoms with Crippen molar-refractivity contribution in [3.05, 3.63) is 88.7 Å². The van der Waals surface area contributed by atoms with Crippen molar-refractivity contribution in [3.8, 4) is 5.75 Å². The van der Waals surface area contributed by atoms with E-state index in [9.17, 15) is 14.0 Å². The van der Waals surface area contributed by atoms with Crippen molar-refractivity contribution in [2.24, 2.45) is 0 Å². The van der Waals surface area contributed by atoms with Crippen molar-refractivity contribution >= 4 is 52.1 Å². The molecule has 0 atom stereocenters. The van der Waals surface area contributed by atoms with E-state index in [0.717, 1.165) is 12.8 Å². The summed E-state index contributed by atoms with van der Waals surface area (Å²) in [5.41, 5.74) is 1.60. The van der Waals surface area contributed by atoms with Crippen LogP contribution in [0.1, 0.15) is 40.5 Å². The van der Waals surface area contributed by atoms with Gasteiger partial charge in [-0.3, -0.25) is 14.9 Å². The normalized spacial score (nSPS) is 10.3. The molecule has 9 heteroatoms. The quantitative estimate of drug-likeness (QED) is 0.260. The van der Waals surface area contributed by atoms with Crippen molar-refractivity contribution in [2.75, 3.05) is 17.2 Å². The van der Waals surface area contributed by atoms with E-state index in [1.165, 1.54) is 18.2 Å². The van der Waals surface area contributed by atoms with Crippen molar-refractivity contribution < 1.29 is 18.7 Å². The summed E-state index contributed by atoms with van der Waals surface area (Å²) in [5.74, 6) is -0.764. The summed E-state index contributed by atoms with van der Waals surface area (Å²) in [7, 11) is 0. The minimum atomic E-state index is -0.572. The first-order chi connectivity index (χ1) is 16.4. The van der Waals surface area contributed by atoms with Crippen LogP contribution in [0.15, 0.2) is 66.7 Å². The number of thiocarbonyl (C=S) groups is 1. The van der Waals surface area contributed by atoms with E-state index < -0.39 is 11.7 Å². The highest BCUT2D eigenvalue weighted by Gasteiger charge is 2.12. The number of hydrogen-bond donors (Lipinski definition) is 3. The number of rotatable bonds is 8. The molecule has 0 aromatic heterocycles. The lowest BCUT2D eigenvalue weighted by Crippen LogP contribution is -2.34. The van der Waals surface area contributed by atoms with Gasteiger partial charge in [0.05, 0.1) is 11.6 Å². The van der Waals surface area contributed by atoms with Gasteiger partial charge in [-0.05, 0) is 73.2 Å². The zero-order valence-corrected chi connectivity index (χ0v) is 19.9. The Labute approximate surface area is 207 Å². The number of carbonyl (C=O) groups excluding carboxylic acids is 2. The van der Waals surface area contributed by atoms with Gasteiger partial charge in [-0.1, -0.05) is 37.1 Å². The van der Waals surface area contributed by atoms with Gasteiger partial charge in [0.1, 0.15) is 11.6 Å². The van der Waals surface area contributed by atoms with Crippen LogP contribution in [0, 0.1) is 5.82 Å². The molecule has 0 bridgehead atoms. The van der Waals surface area contributed by atoms with Gasteiger partial charge in [0.2, 0.25) is 0 Å². The van der Waals surface area contributed by atoms with Crippen LogP contribution in [0.2, 0.25) is 5.02 Å². The van der Waals surface area contributed by atoms with Crippen molar-refractivity contribution in [1.82, 2.24) is 5.32 Å². The van der Waals surface area contributed by atoms with Crippen molar-refractivity contribution in [2.45, 2.75) is 19.8 Å². The number of ether oxygens (including phenoxy) is 1. The maximum Gasteiger partial charge on any atom is 0.257 e. The van der Waals surface area contributed by atoms with Gasteiger partial charge in [-0.25, -0.2) is 4.39 Å². The molecule has 176 valence electrons. The summed E-state index contributed by atoms with van der Waals surface area (Å²) in [6.07, 6.45) is 1.95. The monoisotopic (exact) mass is 499 g/mol. The Morgan fingerprint density at radius 2 is 1.65 bits per heavy atom. The van der Waals surface area contributed by atoms with Crippen LogP contribution >= 0.6 is 23.8 Å². The number of benzene rings is 3. The Balaban J connectivity index is 1.59. The predicted octanol–water partition coefficient (Wildman–Crippen LogP) is 6.04. The zero-order chi connectivity index (χ0) is 24.5. The fraction of sp³-hybridized carbons (Fsp3) is 0.160. The highest BCUT2D eigenvalue weighted by atomic mass is 35.5.